The van der Waals surface area contributed by atoms with Crippen molar-refractivity contribution in [2.45, 2.75) is 13.0 Å². The van der Waals surface area contributed by atoms with Crippen molar-refractivity contribution in [1.29, 1.82) is 0 Å². The molecule has 94 valence electrons. The SMILES string of the molecule is C[C@H]1CNC(=CC(=O)c2ccc(Br)cc2)C(=O)N1. The summed E-state index contributed by atoms with van der Waals surface area (Å²) in [6, 6.07) is 7.10. The number of benzene rings is 1. The molecule has 1 aromatic rings. The maximum absolute atomic E-state index is 11.9. The molecule has 0 aromatic heterocycles. The molecule has 1 aromatic carbocycles. The van der Waals surface area contributed by atoms with E-state index < -0.39 is 0 Å². The predicted molar refractivity (Wildman–Crippen MR) is 72.2 cm³/mol. The van der Waals surface area contributed by atoms with Crippen LogP contribution >= 0.6 is 15.9 Å². The summed E-state index contributed by atoms with van der Waals surface area (Å²) < 4.78 is 0.911. The van der Waals surface area contributed by atoms with Crippen LogP contribution in [0.5, 0.6) is 0 Å². The van der Waals surface area contributed by atoms with Gasteiger partial charge in [-0.1, -0.05) is 15.9 Å². The van der Waals surface area contributed by atoms with Crippen molar-refractivity contribution in [3.05, 3.63) is 46.1 Å². The molecule has 2 rings (SSSR count). The molecule has 1 heterocycles. The first-order chi connectivity index (χ1) is 8.56. The van der Waals surface area contributed by atoms with Crippen LogP contribution in [0, 0.1) is 0 Å². The van der Waals surface area contributed by atoms with Gasteiger partial charge >= 0.3 is 0 Å². The zero-order chi connectivity index (χ0) is 13.1. The quantitative estimate of drug-likeness (QED) is 0.645. The Labute approximate surface area is 114 Å². The third-order valence-electron chi connectivity index (χ3n) is 2.62. The number of ketones is 1. The number of allylic oxidation sites excluding steroid dienone is 1. The average Bonchev–Trinajstić information content (AvgIpc) is 2.33. The lowest BCUT2D eigenvalue weighted by Gasteiger charge is -2.23. The lowest BCUT2D eigenvalue weighted by atomic mass is 10.1. The Morgan fingerprint density at radius 1 is 1.39 bits per heavy atom. The van der Waals surface area contributed by atoms with Gasteiger partial charge in [0.2, 0.25) is 0 Å². The van der Waals surface area contributed by atoms with Crippen molar-refractivity contribution < 1.29 is 9.59 Å². The van der Waals surface area contributed by atoms with Gasteiger partial charge in [0.1, 0.15) is 5.70 Å². The minimum absolute atomic E-state index is 0.0810. The standard InChI is InChI=1S/C13H13BrN2O2/c1-8-7-15-11(13(18)16-8)6-12(17)9-2-4-10(14)5-3-9/h2-6,8,15H,7H2,1H3,(H,16,18)/t8-/m0/s1. The summed E-state index contributed by atoms with van der Waals surface area (Å²) in [5.74, 6) is -0.422. The first-order valence-corrected chi connectivity index (χ1v) is 6.42. The van der Waals surface area contributed by atoms with E-state index in [0.717, 1.165) is 4.47 Å². The van der Waals surface area contributed by atoms with Crippen LogP contribution in [-0.2, 0) is 4.79 Å². The topological polar surface area (TPSA) is 58.2 Å². The van der Waals surface area contributed by atoms with Gasteiger partial charge in [0.15, 0.2) is 5.78 Å². The zero-order valence-electron chi connectivity index (χ0n) is 9.87. The van der Waals surface area contributed by atoms with Crippen LogP contribution in [0.15, 0.2) is 40.5 Å². The monoisotopic (exact) mass is 308 g/mol. The fourth-order valence-corrected chi connectivity index (χ4v) is 1.91. The van der Waals surface area contributed by atoms with Gasteiger partial charge in [-0.3, -0.25) is 9.59 Å². The molecule has 2 N–H and O–H groups in total. The second kappa shape index (κ2) is 5.35. The van der Waals surface area contributed by atoms with Gasteiger partial charge < -0.3 is 10.6 Å². The highest BCUT2D eigenvalue weighted by atomic mass is 79.9. The lowest BCUT2D eigenvalue weighted by Crippen LogP contribution is -2.49. The highest BCUT2D eigenvalue weighted by molar-refractivity contribution is 9.10. The minimum Gasteiger partial charge on any atom is -0.378 e. The highest BCUT2D eigenvalue weighted by Crippen LogP contribution is 2.12. The third kappa shape index (κ3) is 2.98. The first kappa shape index (κ1) is 12.8. The summed E-state index contributed by atoms with van der Waals surface area (Å²) >= 11 is 3.31. The predicted octanol–water partition coefficient (Wildman–Crippen LogP) is 1.62. The summed E-state index contributed by atoms with van der Waals surface area (Å²) in [6.45, 7) is 2.53. The average molecular weight is 309 g/mol. The fourth-order valence-electron chi connectivity index (χ4n) is 1.64. The number of hydrogen-bond donors (Lipinski definition) is 2. The van der Waals surface area contributed by atoms with Gasteiger partial charge in [-0.05, 0) is 31.2 Å². The van der Waals surface area contributed by atoms with E-state index in [1.807, 2.05) is 6.92 Å². The molecule has 0 radical (unpaired) electrons. The Kier molecular flexibility index (Phi) is 3.81. The second-order valence-corrected chi connectivity index (χ2v) is 5.10. The Hall–Kier alpha value is -1.62. The van der Waals surface area contributed by atoms with E-state index in [-0.39, 0.29) is 17.7 Å². The van der Waals surface area contributed by atoms with E-state index in [4.69, 9.17) is 0 Å². The molecule has 1 amide bonds. The molecule has 1 saturated heterocycles. The first-order valence-electron chi connectivity index (χ1n) is 5.62. The molecule has 0 spiro atoms. The Balaban J connectivity index is 2.15. The molecular formula is C13H13BrN2O2. The molecular weight excluding hydrogens is 296 g/mol. The van der Waals surface area contributed by atoms with Gasteiger partial charge in [-0.2, -0.15) is 0 Å². The molecule has 4 nitrogen and oxygen atoms in total. The molecule has 18 heavy (non-hydrogen) atoms. The normalized spacial score (nSPS) is 21.3. The molecule has 1 aliphatic rings. The van der Waals surface area contributed by atoms with E-state index in [0.29, 0.717) is 17.8 Å². The summed E-state index contributed by atoms with van der Waals surface area (Å²) in [7, 11) is 0. The number of piperazine rings is 1. The lowest BCUT2D eigenvalue weighted by molar-refractivity contribution is -0.119. The Morgan fingerprint density at radius 3 is 2.67 bits per heavy atom. The van der Waals surface area contributed by atoms with Crippen LogP contribution in [0.25, 0.3) is 0 Å². The fraction of sp³-hybridized carbons (Fsp3) is 0.231. The summed E-state index contributed by atoms with van der Waals surface area (Å²) in [4.78, 5) is 23.6. The van der Waals surface area contributed by atoms with E-state index in [9.17, 15) is 9.59 Å². The zero-order valence-corrected chi connectivity index (χ0v) is 11.5. The molecule has 0 saturated carbocycles. The molecule has 0 unspecified atom stereocenters. The van der Waals surface area contributed by atoms with Crippen molar-refractivity contribution in [2.24, 2.45) is 0 Å². The van der Waals surface area contributed by atoms with Crippen LogP contribution in [0.1, 0.15) is 17.3 Å². The molecule has 0 aliphatic carbocycles. The van der Waals surface area contributed by atoms with Crippen molar-refractivity contribution in [1.82, 2.24) is 10.6 Å². The smallest absolute Gasteiger partial charge is 0.267 e. The number of rotatable bonds is 2. The van der Waals surface area contributed by atoms with Crippen LogP contribution in [-0.4, -0.2) is 24.3 Å². The van der Waals surface area contributed by atoms with Crippen LogP contribution in [0.2, 0.25) is 0 Å². The van der Waals surface area contributed by atoms with Gasteiger partial charge in [0, 0.05) is 28.7 Å². The number of nitrogens with one attached hydrogen (secondary N) is 2. The summed E-state index contributed by atoms with van der Waals surface area (Å²) in [5, 5.41) is 5.72. The number of carbonyl (C=O) groups is 2. The van der Waals surface area contributed by atoms with Gasteiger partial charge in [0.05, 0.1) is 0 Å². The summed E-state index contributed by atoms with van der Waals surface area (Å²) in [5.41, 5.74) is 0.875. The van der Waals surface area contributed by atoms with Gasteiger partial charge in [-0.25, -0.2) is 0 Å². The van der Waals surface area contributed by atoms with E-state index in [2.05, 4.69) is 26.6 Å². The number of hydrogen-bond acceptors (Lipinski definition) is 3. The molecule has 1 fully saturated rings. The molecule has 5 heteroatoms. The van der Waals surface area contributed by atoms with E-state index >= 15 is 0 Å². The van der Waals surface area contributed by atoms with E-state index in [1.54, 1.807) is 24.3 Å². The molecule has 1 atom stereocenters. The highest BCUT2D eigenvalue weighted by Gasteiger charge is 2.19. The van der Waals surface area contributed by atoms with Crippen molar-refractivity contribution in [3.8, 4) is 0 Å². The number of halogens is 1. The maximum Gasteiger partial charge on any atom is 0.267 e. The van der Waals surface area contributed by atoms with Crippen LogP contribution in [0.4, 0.5) is 0 Å². The van der Waals surface area contributed by atoms with Crippen LogP contribution < -0.4 is 10.6 Å². The number of amides is 1. The van der Waals surface area contributed by atoms with Gasteiger partial charge in [0.25, 0.3) is 5.91 Å². The largest absolute Gasteiger partial charge is 0.378 e. The molecule has 0 bridgehead atoms. The van der Waals surface area contributed by atoms with Crippen molar-refractivity contribution in [2.75, 3.05) is 6.54 Å². The molecule has 1 aliphatic heterocycles. The van der Waals surface area contributed by atoms with Crippen molar-refractivity contribution in [3.63, 3.8) is 0 Å². The van der Waals surface area contributed by atoms with Crippen LogP contribution in [0.3, 0.4) is 0 Å². The third-order valence-corrected chi connectivity index (χ3v) is 3.15. The Morgan fingerprint density at radius 2 is 2.06 bits per heavy atom. The Bertz CT molecular complexity index is 508. The van der Waals surface area contributed by atoms with E-state index in [1.165, 1.54) is 6.08 Å². The van der Waals surface area contributed by atoms with Crippen molar-refractivity contribution >= 4 is 27.6 Å². The second-order valence-electron chi connectivity index (χ2n) is 4.18. The maximum atomic E-state index is 11.9. The van der Waals surface area contributed by atoms with Gasteiger partial charge in [-0.15, -0.1) is 0 Å². The summed E-state index contributed by atoms with van der Waals surface area (Å²) in [6.07, 6.45) is 1.34. The number of carbonyl (C=O) groups excluding carboxylic acids is 2. The minimum atomic E-state index is -0.237.